The third-order valence-electron chi connectivity index (χ3n) is 8.42. The number of hydrogen-bond donors (Lipinski definition) is 1. The van der Waals surface area contributed by atoms with E-state index in [1.165, 1.54) is 4.90 Å². The van der Waals surface area contributed by atoms with Crippen LogP contribution in [0.2, 0.25) is 10.0 Å². The monoisotopic (exact) mass is 683 g/mol. The number of likely N-dealkylation sites (tertiary alicyclic amines) is 1. The number of ether oxygens (including phenoxy) is 1. The van der Waals surface area contributed by atoms with Crippen LogP contribution < -0.4 is 10.1 Å². The van der Waals surface area contributed by atoms with E-state index in [1.807, 2.05) is 36.1 Å². The van der Waals surface area contributed by atoms with Crippen LogP contribution in [0.4, 0.5) is 4.79 Å². The number of rotatable bonds is 6. The summed E-state index contributed by atoms with van der Waals surface area (Å²) in [6.45, 7) is 4.30. The van der Waals surface area contributed by atoms with E-state index < -0.39 is 12.1 Å². The molecule has 0 spiro atoms. The predicted molar refractivity (Wildman–Crippen MR) is 181 cm³/mol. The van der Waals surface area contributed by atoms with Gasteiger partial charge in [-0.15, -0.1) is 12.4 Å². The fourth-order valence-corrected chi connectivity index (χ4v) is 6.46. The van der Waals surface area contributed by atoms with E-state index in [-0.39, 0.29) is 36.8 Å². The van der Waals surface area contributed by atoms with Crippen molar-refractivity contribution in [3.05, 3.63) is 99.0 Å². The van der Waals surface area contributed by atoms with E-state index >= 15 is 0 Å². The van der Waals surface area contributed by atoms with Crippen LogP contribution in [0.3, 0.4) is 0 Å². The topological polar surface area (TPSA) is 94.6 Å². The van der Waals surface area contributed by atoms with Crippen LogP contribution in [-0.2, 0) is 4.79 Å². The van der Waals surface area contributed by atoms with Crippen LogP contribution in [0.5, 0.6) is 5.75 Å². The number of carbonyl (C=O) groups excluding carboxylic acids is 3. The van der Waals surface area contributed by atoms with Crippen molar-refractivity contribution in [3.8, 4) is 5.75 Å². The van der Waals surface area contributed by atoms with Crippen LogP contribution in [-0.4, -0.2) is 77.7 Å². The first-order valence-electron chi connectivity index (χ1n) is 15.3. The molecule has 242 valence electrons. The Bertz CT molecular complexity index is 1610. The van der Waals surface area contributed by atoms with Gasteiger partial charge in [0.15, 0.2) is 0 Å². The second-order valence-electron chi connectivity index (χ2n) is 11.4. The normalized spacial score (nSPS) is 19.7. The molecule has 3 aromatic carbocycles. The maximum Gasteiger partial charge on any atom is 0.326 e. The molecule has 6 rings (SSSR count). The summed E-state index contributed by atoms with van der Waals surface area (Å²) in [5.41, 5.74) is 2.69. The summed E-state index contributed by atoms with van der Waals surface area (Å²) in [5.74, 6) is 0.579. The summed E-state index contributed by atoms with van der Waals surface area (Å²) in [6.07, 6.45) is 3.05. The molecule has 2 saturated heterocycles. The molecule has 2 fully saturated rings. The molecule has 0 aliphatic carbocycles. The largest absolute Gasteiger partial charge is 0.493 e. The van der Waals surface area contributed by atoms with Gasteiger partial charge in [0.1, 0.15) is 24.2 Å². The molecule has 0 aromatic heterocycles. The molecule has 1 N–H and O–H groups in total. The summed E-state index contributed by atoms with van der Waals surface area (Å²) < 4.78 is 6.08. The zero-order chi connectivity index (χ0) is 31.5. The lowest BCUT2D eigenvalue weighted by atomic mass is 9.93. The second-order valence-corrected chi connectivity index (χ2v) is 12.2. The molecule has 3 aromatic rings. The molecule has 2 atom stereocenters. The lowest BCUT2D eigenvalue weighted by Gasteiger charge is -2.36. The minimum atomic E-state index is -0.591. The fraction of sp³-hybridized carbons (Fsp3) is 0.353. The van der Waals surface area contributed by atoms with Gasteiger partial charge in [-0.1, -0.05) is 47.5 Å². The molecular weight excluding hydrogens is 649 g/mol. The molecule has 0 bridgehead atoms. The van der Waals surface area contributed by atoms with Crippen LogP contribution in [0.1, 0.15) is 65.3 Å². The average Bonchev–Trinajstić information content (AvgIpc) is 3.46. The third kappa shape index (κ3) is 6.97. The molecule has 12 heteroatoms. The number of urea groups is 1. The zero-order valence-electron chi connectivity index (χ0n) is 25.5. The van der Waals surface area contributed by atoms with Crippen molar-refractivity contribution in [3.63, 3.8) is 0 Å². The first kappa shape index (κ1) is 33.6. The standard InChI is InChI=1S/C34H35Cl2N5O4.ClH/c1-2-45-28-15-10-24(33(43)39-17-4-3-5-18-39)20-27(28)32-38-30(22-6-11-25(35)12-7-22)31(23-8-13-26(36)14-9-23)41(32)34(44)40-19-16-37-29(42)21-40;/h6-15,20,30-31H,2-5,16-19,21H2,1H3,(H,37,42);1H/t30-,31+;/m0./s1. The minimum Gasteiger partial charge on any atom is -0.493 e. The Kier molecular flexibility index (Phi) is 10.8. The van der Waals surface area contributed by atoms with Crippen LogP contribution in [0.25, 0.3) is 0 Å². The Labute approximate surface area is 284 Å². The summed E-state index contributed by atoms with van der Waals surface area (Å²) in [5, 5.41) is 3.94. The van der Waals surface area contributed by atoms with Crippen molar-refractivity contribution in [2.75, 3.05) is 39.3 Å². The summed E-state index contributed by atoms with van der Waals surface area (Å²) in [6, 6.07) is 18.6. The number of nitrogens with zero attached hydrogens (tertiary/aromatic N) is 4. The highest BCUT2D eigenvalue weighted by atomic mass is 35.5. The smallest absolute Gasteiger partial charge is 0.326 e. The molecule has 0 unspecified atom stereocenters. The van der Waals surface area contributed by atoms with Crippen molar-refractivity contribution in [1.82, 2.24) is 20.0 Å². The predicted octanol–water partition coefficient (Wildman–Crippen LogP) is 6.54. The highest BCUT2D eigenvalue weighted by molar-refractivity contribution is 6.30. The fourth-order valence-electron chi connectivity index (χ4n) is 6.21. The first-order chi connectivity index (χ1) is 21.8. The molecule has 46 heavy (non-hydrogen) atoms. The number of piperazine rings is 1. The van der Waals surface area contributed by atoms with E-state index in [4.69, 9.17) is 32.9 Å². The Balaban J connectivity index is 0.00000417. The number of hydrogen-bond acceptors (Lipinski definition) is 5. The maximum atomic E-state index is 14.6. The van der Waals surface area contributed by atoms with Gasteiger partial charge in [-0.2, -0.15) is 0 Å². The summed E-state index contributed by atoms with van der Waals surface area (Å²) >= 11 is 12.6. The zero-order valence-corrected chi connectivity index (χ0v) is 27.8. The van der Waals surface area contributed by atoms with Crippen LogP contribution >= 0.6 is 35.6 Å². The molecule has 3 heterocycles. The van der Waals surface area contributed by atoms with Gasteiger partial charge in [0, 0.05) is 41.8 Å². The second kappa shape index (κ2) is 14.8. The number of aliphatic imine (C=N–C) groups is 1. The SMILES string of the molecule is CCOc1ccc(C(=O)N2CCCCC2)cc1C1=N[C@@H](c2ccc(Cl)cc2)[C@@H](c2ccc(Cl)cc2)N1C(=O)N1CCNC(=O)C1.Cl. The number of nitrogens with one attached hydrogen (secondary N) is 1. The van der Waals surface area contributed by atoms with E-state index in [2.05, 4.69) is 5.32 Å². The Morgan fingerprint density at radius 1 is 0.891 bits per heavy atom. The molecule has 3 aliphatic heterocycles. The number of amides is 4. The highest BCUT2D eigenvalue weighted by Gasteiger charge is 2.45. The van der Waals surface area contributed by atoms with Gasteiger partial charge >= 0.3 is 6.03 Å². The number of piperidine rings is 1. The molecule has 4 amide bonds. The maximum absolute atomic E-state index is 14.6. The van der Waals surface area contributed by atoms with Gasteiger partial charge in [0.05, 0.1) is 18.2 Å². The molecule has 9 nitrogen and oxygen atoms in total. The molecular formula is C34H36Cl3N5O4. The number of benzene rings is 3. The summed E-state index contributed by atoms with van der Waals surface area (Å²) in [7, 11) is 0. The van der Waals surface area contributed by atoms with E-state index in [9.17, 15) is 14.4 Å². The Hall–Kier alpha value is -3.79. The highest BCUT2D eigenvalue weighted by Crippen LogP contribution is 2.45. The van der Waals surface area contributed by atoms with Gasteiger partial charge in [-0.05, 0) is 79.8 Å². The van der Waals surface area contributed by atoms with Crippen molar-refractivity contribution in [2.45, 2.75) is 38.3 Å². The Morgan fingerprint density at radius 3 is 2.17 bits per heavy atom. The van der Waals surface area contributed by atoms with Crippen molar-refractivity contribution in [2.24, 2.45) is 4.99 Å². The van der Waals surface area contributed by atoms with Crippen molar-refractivity contribution < 1.29 is 19.1 Å². The number of halogens is 3. The van der Waals surface area contributed by atoms with Crippen LogP contribution in [0, 0.1) is 0 Å². The van der Waals surface area contributed by atoms with Gasteiger partial charge in [0.2, 0.25) is 5.91 Å². The van der Waals surface area contributed by atoms with Gasteiger partial charge in [-0.25, -0.2) is 4.79 Å². The van der Waals surface area contributed by atoms with E-state index in [1.54, 1.807) is 47.4 Å². The van der Waals surface area contributed by atoms with Gasteiger partial charge < -0.3 is 19.9 Å². The number of carbonyl (C=O) groups is 3. The summed E-state index contributed by atoms with van der Waals surface area (Å²) in [4.78, 5) is 50.9. The molecule has 3 aliphatic rings. The Morgan fingerprint density at radius 2 is 1.54 bits per heavy atom. The first-order valence-corrected chi connectivity index (χ1v) is 16.1. The van der Waals surface area contributed by atoms with Crippen molar-refractivity contribution in [1.29, 1.82) is 0 Å². The van der Waals surface area contributed by atoms with Gasteiger partial charge in [0.25, 0.3) is 5.91 Å². The quantitative estimate of drug-likeness (QED) is 0.319. The lowest BCUT2D eigenvalue weighted by Crippen LogP contribution is -2.55. The average molecular weight is 685 g/mol. The van der Waals surface area contributed by atoms with E-state index in [0.717, 1.165) is 30.4 Å². The molecule has 0 saturated carbocycles. The van der Waals surface area contributed by atoms with E-state index in [0.29, 0.717) is 65.5 Å². The third-order valence-corrected chi connectivity index (χ3v) is 8.92. The van der Waals surface area contributed by atoms with Crippen LogP contribution in [0.15, 0.2) is 71.7 Å². The minimum absolute atomic E-state index is 0. The molecule has 0 radical (unpaired) electrons. The lowest BCUT2D eigenvalue weighted by molar-refractivity contribution is -0.123. The van der Waals surface area contributed by atoms with Gasteiger partial charge in [-0.3, -0.25) is 19.5 Å². The number of amidine groups is 1. The van der Waals surface area contributed by atoms with Crippen molar-refractivity contribution >= 4 is 59.3 Å².